The zero-order chi connectivity index (χ0) is 12.6. The largest absolute Gasteiger partial charge is 0.480 e. The van der Waals surface area contributed by atoms with Crippen LogP contribution in [0.25, 0.3) is 0 Å². The average Bonchev–Trinajstić information content (AvgIpc) is 2.45. The number of esters is 1. The molecule has 0 aromatic carbocycles. The average molecular weight is 229 g/mol. The number of aliphatic carboxylic acids is 1. The van der Waals surface area contributed by atoms with Crippen molar-refractivity contribution in [1.82, 2.24) is 0 Å². The van der Waals surface area contributed by atoms with Crippen LogP contribution in [0.3, 0.4) is 0 Å². The highest BCUT2D eigenvalue weighted by Gasteiger charge is 2.53. The summed E-state index contributed by atoms with van der Waals surface area (Å²) in [6.07, 6.45) is 0.973. The van der Waals surface area contributed by atoms with E-state index in [4.69, 9.17) is 10.5 Å². The van der Waals surface area contributed by atoms with Crippen molar-refractivity contribution in [3.8, 4) is 0 Å². The predicted octanol–water partition coefficient (Wildman–Crippen LogP) is 0.910. The number of nitrogens with two attached hydrogens (primary N) is 1. The second kappa shape index (κ2) is 4.05. The molecule has 16 heavy (non-hydrogen) atoms. The Bertz CT molecular complexity index is 308. The number of ether oxygens (including phenoxy) is 1. The quantitative estimate of drug-likeness (QED) is 0.542. The van der Waals surface area contributed by atoms with Gasteiger partial charge in [0, 0.05) is 6.04 Å². The molecule has 0 aromatic heterocycles. The summed E-state index contributed by atoms with van der Waals surface area (Å²) in [4.78, 5) is 23.2. The third-order valence-corrected chi connectivity index (χ3v) is 2.75. The highest BCUT2D eigenvalue weighted by atomic mass is 16.6. The van der Waals surface area contributed by atoms with Gasteiger partial charge in [-0.2, -0.15) is 0 Å². The number of hydrogen-bond donors (Lipinski definition) is 2. The normalized spacial score (nSPS) is 30.1. The molecule has 0 unspecified atom stereocenters. The standard InChI is InChI=1S/C11H19NO4/c1-10(2,3)16-9(15)11(8(13)14)5-4-7(12)6-11/h7H,4-6,12H2,1-3H3,(H,13,14)/t7-,11+/m0/s1. The third-order valence-electron chi connectivity index (χ3n) is 2.75. The molecule has 3 N–H and O–H groups in total. The van der Waals surface area contributed by atoms with E-state index in [2.05, 4.69) is 0 Å². The van der Waals surface area contributed by atoms with E-state index in [-0.39, 0.29) is 18.9 Å². The van der Waals surface area contributed by atoms with E-state index < -0.39 is 23.0 Å². The fourth-order valence-electron chi connectivity index (χ4n) is 1.93. The topological polar surface area (TPSA) is 89.6 Å². The van der Waals surface area contributed by atoms with Gasteiger partial charge in [0.1, 0.15) is 5.60 Å². The van der Waals surface area contributed by atoms with Crippen LogP contribution in [0.1, 0.15) is 40.0 Å². The SMILES string of the molecule is CC(C)(C)OC(=O)[C@]1(C(=O)O)CC[C@H](N)C1. The van der Waals surface area contributed by atoms with Gasteiger partial charge in [0.25, 0.3) is 0 Å². The van der Waals surface area contributed by atoms with Crippen LogP contribution in [0.4, 0.5) is 0 Å². The third kappa shape index (κ3) is 2.52. The molecular formula is C11H19NO4. The summed E-state index contributed by atoms with van der Waals surface area (Å²) in [7, 11) is 0. The Morgan fingerprint density at radius 3 is 2.31 bits per heavy atom. The van der Waals surface area contributed by atoms with Crippen molar-refractivity contribution in [2.75, 3.05) is 0 Å². The molecule has 0 spiro atoms. The smallest absolute Gasteiger partial charge is 0.324 e. The zero-order valence-corrected chi connectivity index (χ0v) is 9.95. The number of carbonyl (C=O) groups excluding carboxylic acids is 1. The summed E-state index contributed by atoms with van der Waals surface area (Å²) >= 11 is 0. The Hall–Kier alpha value is -1.10. The van der Waals surface area contributed by atoms with E-state index in [0.29, 0.717) is 6.42 Å². The molecule has 1 aliphatic rings. The maximum atomic E-state index is 11.9. The first-order valence-corrected chi connectivity index (χ1v) is 5.40. The fourth-order valence-corrected chi connectivity index (χ4v) is 1.93. The molecule has 0 amide bonds. The van der Waals surface area contributed by atoms with Gasteiger partial charge in [-0.25, -0.2) is 0 Å². The number of hydrogen-bond acceptors (Lipinski definition) is 4. The highest BCUT2D eigenvalue weighted by molar-refractivity contribution is 5.99. The second-order valence-electron chi connectivity index (χ2n) is 5.39. The molecule has 0 saturated heterocycles. The monoisotopic (exact) mass is 229 g/mol. The maximum Gasteiger partial charge on any atom is 0.324 e. The molecule has 0 heterocycles. The van der Waals surface area contributed by atoms with Gasteiger partial charge < -0.3 is 15.6 Å². The second-order valence-corrected chi connectivity index (χ2v) is 5.39. The van der Waals surface area contributed by atoms with E-state index in [1.165, 1.54) is 0 Å². The summed E-state index contributed by atoms with van der Waals surface area (Å²) in [5.41, 5.74) is 3.57. The Balaban J connectivity index is 2.88. The first-order chi connectivity index (χ1) is 7.17. The van der Waals surface area contributed by atoms with E-state index in [1.54, 1.807) is 20.8 Å². The molecule has 1 fully saturated rings. The Kier molecular flexibility index (Phi) is 3.28. The zero-order valence-electron chi connectivity index (χ0n) is 9.95. The van der Waals surface area contributed by atoms with Gasteiger partial charge >= 0.3 is 11.9 Å². The van der Waals surface area contributed by atoms with Crippen LogP contribution in [0.5, 0.6) is 0 Å². The molecule has 5 nitrogen and oxygen atoms in total. The molecule has 0 bridgehead atoms. The van der Waals surface area contributed by atoms with Crippen LogP contribution in [0.15, 0.2) is 0 Å². The van der Waals surface area contributed by atoms with Crippen molar-refractivity contribution in [1.29, 1.82) is 0 Å². The maximum absolute atomic E-state index is 11.9. The van der Waals surface area contributed by atoms with Gasteiger partial charge in [-0.15, -0.1) is 0 Å². The lowest BCUT2D eigenvalue weighted by molar-refractivity contribution is -0.176. The van der Waals surface area contributed by atoms with Crippen molar-refractivity contribution in [3.05, 3.63) is 0 Å². The molecule has 2 atom stereocenters. The predicted molar refractivity (Wildman–Crippen MR) is 57.7 cm³/mol. The molecule has 0 aliphatic heterocycles. The van der Waals surface area contributed by atoms with Crippen LogP contribution in [-0.4, -0.2) is 28.7 Å². The minimum atomic E-state index is -1.44. The van der Waals surface area contributed by atoms with Crippen molar-refractivity contribution < 1.29 is 19.4 Å². The van der Waals surface area contributed by atoms with Crippen LogP contribution in [0.2, 0.25) is 0 Å². The number of carboxylic acids is 1. The first kappa shape index (κ1) is 13.0. The van der Waals surface area contributed by atoms with Crippen molar-refractivity contribution >= 4 is 11.9 Å². The van der Waals surface area contributed by atoms with Crippen molar-refractivity contribution in [3.63, 3.8) is 0 Å². The lowest BCUT2D eigenvalue weighted by Gasteiger charge is -2.27. The summed E-state index contributed by atoms with van der Waals surface area (Å²) in [6.45, 7) is 5.15. The summed E-state index contributed by atoms with van der Waals surface area (Å²) in [5.74, 6) is -1.80. The van der Waals surface area contributed by atoms with Crippen molar-refractivity contribution in [2.24, 2.45) is 11.1 Å². The van der Waals surface area contributed by atoms with Crippen LogP contribution in [-0.2, 0) is 14.3 Å². The van der Waals surface area contributed by atoms with Gasteiger partial charge in [0.05, 0.1) is 0 Å². The lowest BCUT2D eigenvalue weighted by atomic mass is 9.86. The van der Waals surface area contributed by atoms with Gasteiger partial charge in [0.2, 0.25) is 0 Å². The molecule has 5 heteroatoms. The number of carboxylic acid groups (broad SMARTS) is 1. The summed E-state index contributed by atoms with van der Waals surface area (Å²) in [5, 5.41) is 9.19. The minimum Gasteiger partial charge on any atom is -0.480 e. The molecule has 1 rings (SSSR count). The van der Waals surface area contributed by atoms with Gasteiger partial charge in [0.15, 0.2) is 5.41 Å². The molecular weight excluding hydrogens is 210 g/mol. The fraction of sp³-hybridized carbons (Fsp3) is 0.818. The molecule has 0 aromatic rings. The molecule has 0 radical (unpaired) electrons. The van der Waals surface area contributed by atoms with E-state index in [0.717, 1.165) is 0 Å². The van der Waals surface area contributed by atoms with E-state index >= 15 is 0 Å². The summed E-state index contributed by atoms with van der Waals surface area (Å²) in [6, 6.07) is -0.233. The lowest BCUT2D eigenvalue weighted by Crippen LogP contribution is -2.42. The molecule has 1 saturated carbocycles. The summed E-state index contributed by atoms with van der Waals surface area (Å²) < 4.78 is 5.16. The molecule has 1 aliphatic carbocycles. The Labute approximate surface area is 95.0 Å². The van der Waals surface area contributed by atoms with Crippen LogP contribution in [0, 0.1) is 5.41 Å². The molecule has 92 valence electrons. The van der Waals surface area contributed by atoms with Crippen LogP contribution < -0.4 is 5.73 Å². The van der Waals surface area contributed by atoms with Gasteiger partial charge in [-0.1, -0.05) is 0 Å². The van der Waals surface area contributed by atoms with Crippen molar-refractivity contribution in [2.45, 2.75) is 51.7 Å². The van der Waals surface area contributed by atoms with E-state index in [1.807, 2.05) is 0 Å². The van der Waals surface area contributed by atoms with Gasteiger partial charge in [-0.05, 0) is 40.0 Å². The first-order valence-electron chi connectivity index (χ1n) is 5.40. The minimum absolute atomic E-state index is 0.164. The number of carbonyl (C=O) groups is 2. The van der Waals surface area contributed by atoms with Crippen LogP contribution >= 0.6 is 0 Å². The highest BCUT2D eigenvalue weighted by Crippen LogP contribution is 2.39. The Morgan fingerprint density at radius 2 is 2.00 bits per heavy atom. The number of rotatable bonds is 2. The Morgan fingerprint density at radius 1 is 1.44 bits per heavy atom. The van der Waals surface area contributed by atoms with Gasteiger partial charge in [-0.3, -0.25) is 9.59 Å². The van der Waals surface area contributed by atoms with E-state index in [9.17, 15) is 14.7 Å².